The highest BCUT2D eigenvalue weighted by molar-refractivity contribution is 5.67. The van der Waals surface area contributed by atoms with E-state index in [1.807, 2.05) is 0 Å². The summed E-state index contributed by atoms with van der Waals surface area (Å²) in [6, 6.07) is 3.23. The zero-order valence-corrected chi connectivity index (χ0v) is 17.4. The standard InChI is InChI=1S/C25H34F2O/c1-3-5-6-7-18-8-10-19(11-9-18)20-12-14-21(15-13-20)22-16-17-23(28-4-2)25(27)24(22)26/h5-6,14,16-20H,3-4,7-13,15H2,1-2H3. The van der Waals surface area contributed by atoms with Crippen LogP contribution in [-0.2, 0) is 0 Å². The molecule has 0 aliphatic heterocycles. The predicted molar refractivity (Wildman–Crippen MR) is 112 cm³/mol. The second kappa shape index (κ2) is 10.2. The smallest absolute Gasteiger partial charge is 0.201 e. The second-order valence-electron chi connectivity index (χ2n) is 8.33. The van der Waals surface area contributed by atoms with Crippen LogP contribution in [0.3, 0.4) is 0 Å². The topological polar surface area (TPSA) is 9.23 Å². The first-order valence-electron chi connectivity index (χ1n) is 11.1. The van der Waals surface area contributed by atoms with Gasteiger partial charge in [-0.3, -0.25) is 0 Å². The van der Waals surface area contributed by atoms with Gasteiger partial charge in [0.15, 0.2) is 11.6 Å². The zero-order chi connectivity index (χ0) is 19.9. The molecule has 1 nitrogen and oxygen atoms in total. The fraction of sp³-hybridized carbons (Fsp3) is 0.600. The van der Waals surface area contributed by atoms with Crippen LogP contribution in [0.15, 0.2) is 30.4 Å². The summed E-state index contributed by atoms with van der Waals surface area (Å²) >= 11 is 0. The lowest BCUT2D eigenvalue weighted by atomic mass is 9.70. The third-order valence-corrected chi connectivity index (χ3v) is 6.57. The Morgan fingerprint density at radius 2 is 1.75 bits per heavy atom. The molecule has 1 aromatic carbocycles. The van der Waals surface area contributed by atoms with E-state index < -0.39 is 11.6 Å². The number of benzene rings is 1. The van der Waals surface area contributed by atoms with Gasteiger partial charge in [0.25, 0.3) is 0 Å². The Morgan fingerprint density at radius 1 is 0.964 bits per heavy atom. The SMILES string of the molecule is CCC=CCC1CCC(C2CC=C(c3ccc(OCC)c(F)c3F)CC2)CC1. The van der Waals surface area contributed by atoms with E-state index in [4.69, 9.17) is 4.74 Å². The number of hydrogen-bond acceptors (Lipinski definition) is 1. The summed E-state index contributed by atoms with van der Waals surface area (Å²) < 4.78 is 33.8. The molecule has 1 atom stereocenters. The van der Waals surface area contributed by atoms with Gasteiger partial charge in [0.05, 0.1) is 6.61 Å². The van der Waals surface area contributed by atoms with Gasteiger partial charge in [-0.25, -0.2) is 4.39 Å². The summed E-state index contributed by atoms with van der Waals surface area (Å²) in [7, 11) is 0. The van der Waals surface area contributed by atoms with Gasteiger partial charge in [-0.2, -0.15) is 4.39 Å². The lowest BCUT2D eigenvalue weighted by Crippen LogP contribution is -2.23. The van der Waals surface area contributed by atoms with E-state index in [-0.39, 0.29) is 5.75 Å². The van der Waals surface area contributed by atoms with Crippen LogP contribution in [0, 0.1) is 29.4 Å². The van der Waals surface area contributed by atoms with E-state index in [1.54, 1.807) is 19.1 Å². The van der Waals surface area contributed by atoms with Gasteiger partial charge in [0, 0.05) is 5.56 Å². The van der Waals surface area contributed by atoms with Crippen LogP contribution in [0.1, 0.15) is 77.2 Å². The molecule has 2 aliphatic carbocycles. The van der Waals surface area contributed by atoms with E-state index in [9.17, 15) is 8.78 Å². The molecule has 154 valence electrons. The summed E-state index contributed by atoms with van der Waals surface area (Å²) in [5, 5.41) is 0. The Hall–Kier alpha value is -1.64. The van der Waals surface area contributed by atoms with Crippen LogP contribution in [0.5, 0.6) is 5.75 Å². The van der Waals surface area contributed by atoms with Crippen molar-refractivity contribution in [3.8, 4) is 5.75 Å². The minimum absolute atomic E-state index is 0.00331. The van der Waals surface area contributed by atoms with Gasteiger partial charge in [-0.05, 0) is 100 Å². The Balaban J connectivity index is 1.57. The van der Waals surface area contributed by atoms with Gasteiger partial charge in [-0.15, -0.1) is 0 Å². The molecule has 28 heavy (non-hydrogen) atoms. The fourth-order valence-corrected chi connectivity index (χ4v) is 4.92. The highest BCUT2D eigenvalue weighted by atomic mass is 19.2. The Bertz CT molecular complexity index is 699. The average Bonchev–Trinajstić information content (AvgIpc) is 2.73. The quantitative estimate of drug-likeness (QED) is 0.435. The van der Waals surface area contributed by atoms with Gasteiger partial charge in [-0.1, -0.05) is 25.2 Å². The van der Waals surface area contributed by atoms with Crippen LogP contribution in [0.4, 0.5) is 8.78 Å². The van der Waals surface area contributed by atoms with Crippen LogP contribution in [0.2, 0.25) is 0 Å². The minimum Gasteiger partial charge on any atom is -0.491 e. The van der Waals surface area contributed by atoms with Crippen molar-refractivity contribution in [2.75, 3.05) is 6.61 Å². The predicted octanol–water partition coefficient (Wildman–Crippen LogP) is 7.71. The Kier molecular flexibility index (Phi) is 7.70. The van der Waals surface area contributed by atoms with Crippen molar-refractivity contribution in [2.24, 2.45) is 17.8 Å². The second-order valence-corrected chi connectivity index (χ2v) is 8.33. The van der Waals surface area contributed by atoms with Crippen molar-refractivity contribution in [3.05, 3.63) is 47.6 Å². The Labute approximate surface area is 168 Å². The summed E-state index contributed by atoms with van der Waals surface area (Å²) in [5.74, 6) is 0.727. The first-order valence-corrected chi connectivity index (χ1v) is 11.1. The lowest BCUT2D eigenvalue weighted by molar-refractivity contribution is 0.195. The molecule has 1 fully saturated rings. The number of hydrogen-bond donors (Lipinski definition) is 0. The van der Waals surface area contributed by atoms with Crippen LogP contribution in [-0.4, -0.2) is 6.61 Å². The highest BCUT2D eigenvalue weighted by Crippen LogP contribution is 2.42. The summed E-state index contributed by atoms with van der Waals surface area (Å²) in [6.07, 6.45) is 17.4. The molecule has 0 radical (unpaired) electrons. The number of allylic oxidation sites excluding steroid dienone is 4. The number of halogens is 2. The molecule has 0 amide bonds. The van der Waals surface area contributed by atoms with Crippen molar-refractivity contribution in [1.29, 1.82) is 0 Å². The molecule has 0 N–H and O–H groups in total. The molecule has 0 saturated heterocycles. The number of ether oxygens (including phenoxy) is 1. The normalized spacial score (nSPS) is 25.7. The molecule has 1 unspecified atom stereocenters. The molecule has 0 aromatic heterocycles. The van der Waals surface area contributed by atoms with Crippen molar-refractivity contribution < 1.29 is 13.5 Å². The summed E-state index contributed by atoms with van der Waals surface area (Å²) in [6.45, 7) is 4.29. The molecule has 0 heterocycles. The van der Waals surface area contributed by atoms with E-state index >= 15 is 0 Å². The molecule has 3 heteroatoms. The molecule has 0 bridgehead atoms. The molecule has 3 rings (SSSR count). The third kappa shape index (κ3) is 5.04. The molecule has 2 aliphatic rings. The first-order chi connectivity index (χ1) is 13.6. The van der Waals surface area contributed by atoms with Gasteiger partial charge < -0.3 is 4.74 Å². The number of rotatable bonds is 7. The fourth-order valence-electron chi connectivity index (χ4n) is 4.92. The van der Waals surface area contributed by atoms with E-state index in [0.717, 1.165) is 43.1 Å². The van der Waals surface area contributed by atoms with E-state index in [2.05, 4.69) is 25.2 Å². The molecule has 1 saturated carbocycles. The average molecular weight is 389 g/mol. The third-order valence-electron chi connectivity index (χ3n) is 6.57. The van der Waals surface area contributed by atoms with E-state index in [1.165, 1.54) is 32.1 Å². The minimum atomic E-state index is -0.863. The maximum atomic E-state index is 14.5. The van der Waals surface area contributed by atoms with Crippen molar-refractivity contribution in [1.82, 2.24) is 0 Å². The van der Waals surface area contributed by atoms with Crippen LogP contribution < -0.4 is 4.74 Å². The molecule has 1 aromatic rings. The van der Waals surface area contributed by atoms with Crippen LogP contribution in [0.25, 0.3) is 5.57 Å². The summed E-state index contributed by atoms with van der Waals surface area (Å²) in [4.78, 5) is 0. The lowest BCUT2D eigenvalue weighted by Gasteiger charge is -2.35. The van der Waals surface area contributed by atoms with Crippen molar-refractivity contribution in [2.45, 2.75) is 71.6 Å². The van der Waals surface area contributed by atoms with Crippen LogP contribution >= 0.6 is 0 Å². The van der Waals surface area contributed by atoms with Gasteiger partial charge in [0.1, 0.15) is 0 Å². The highest BCUT2D eigenvalue weighted by Gasteiger charge is 2.29. The largest absolute Gasteiger partial charge is 0.491 e. The van der Waals surface area contributed by atoms with E-state index in [0.29, 0.717) is 18.1 Å². The monoisotopic (exact) mass is 388 g/mol. The molecular weight excluding hydrogens is 354 g/mol. The van der Waals surface area contributed by atoms with Gasteiger partial charge in [0.2, 0.25) is 5.82 Å². The zero-order valence-electron chi connectivity index (χ0n) is 17.4. The Morgan fingerprint density at radius 3 is 2.39 bits per heavy atom. The molecular formula is C25H34F2O. The molecule has 0 spiro atoms. The van der Waals surface area contributed by atoms with Gasteiger partial charge >= 0.3 is 0 Å². The van der Waals surface area contributed by atoms with Crippen molar-refractivity contribution >= 4 is 5.57 Å². The summed E-state index contributed by atoms with van der Waals surface area (Å²) in [5.41, 5.74) is 1.36. The maximum absolute atomic E-state index is 14.5. The van der Waals surface area contributed by atoms with Crippen molar-refractivity contribution in [3.63, 3.8) is 0 Å². The maximum Gasteiger partial charge on any atom is 0.201 e. The first kappa shape index (κ1) is 21.1.